The molecular weight excluding hydrogens is 137 g/mol. The van der Waals surface area contributed by atoms with Crippen LogP contribution in [0.25, 0.3) is 0 Å². The van der Waals surface area contributed by atoms with Crippen molar-refractivity contribution in [1.82, 2.24) is 9.97 Å². The number of carbonyl (C=O) groups excluding carboxylic acids is 1. The van der Waals surface area contributed by atoms with E-state index in [2.05, 4.69) is 9.97 Å². The lowest BCUT2D eigenvalue weighted by Crippen LogP contribution is -2.24. The average Bonchev–Trinajstić information content (AvgIpc) is 1.88. The first-order valence-electron chi connectivity index (χ1n) is 2.55. The van der Waals surface area contributed by atoms with Crippen molar-refractivity contribution in [3.05, 3.63) is 28.4 Å². The number of hydrogen-bond donors (Lipinski definition) is 2. The van der Waals surface area contributed by atoms with Crippen molar-refractivity contribution >= 4 is 5.91 Å². The Morgan fingerprint density at radius 3 is 2.80 bits per heavy atom. The fourth-order valence-electron chi connectivity index (χ4n) is 0.527. The molecule has 1 rings (SSSR count). The number of aromatic amines is 1. The van der Waals surface area contributed by atoms with Crippen molar-refractivity contribution in [2.75, 3.05) is 0 Å². The van der Waals surface area contributed by atoms with Gasteiger partial charge in [0.05, 0.1) is 0 Å². The summed E-state index contributed by atoms with van der Waals surface area (Å²) in [5.41, 5.74) is 3.97. The first kappa shape index (κ1) is 6.47. The van der Waals surface area contributed by atoms with E-state index < -0.39 is 11.5 Å². The monoisotopic (exact) mass is 142 g/mol. The fraction of sp³-hybridized carbons (Fsp3) is 0. The topological polar surface area (TPSA) is 88.8 Å². The first-order chi connectivity index (χ1) is 4.72. The van der Waals surface area contributed by atoms with E-state index in [0.717, 1.165) is 0 Å². The minimum atomic E-state index is -0.818. The van der Waals surface area contributed by atoms with Crippen LogP contribution in [0.4, 0.5) is 0 Å². The Kier molecular flexibility index (Phi) is 1.49. The van der Waals surface area contributed by atoms with Gasteiger partial charge in [0.15, 0.2) is 5.69 Å². The zero-order chi connectivity index (χ0) is 7.56. The molecule has 1 heterocycles. The molecule has 1 amide bonds. The summed E-state index contributed by atoms with van der Waals surface area (Å²) >= 11 is 0. The number of rotatable bonds is 1. The summed E-state index contributed by atoms with van der Waals surface area (Å²) in [6.07, 6.45) is 2.62. The lowest BCUT2D eigenvalue weighted by molar-refractivity contribution is 0.0994. The Labute approximate surface area is 55.9 Å². The van der Waals surface area contributed by atoms with Crippen molar-refractivity contribution in [2.45, 2.75) is 0 Å². The van der Waals surface area contributed by atoms with Crippen LogP contribution < -0.4 is 11.3 Å². The van der Waals surface area contributed by atoms with Gasteiger partial charge in [-0.2, -0.15) is 0 Å². The minimum Gasteiger partial charge on any atom is -0.364 e. The van der Waals surface area contributed by atoms with E-state index in [-0.39, 0.29) is 5.69 Å². The average molecular weight is 142 g/mol. The second kappa shape index (κ2) is 2.30. The molecule has 0 aliphatic carbocycles. The zero-order valence-electron chi connectivity index (χ0n) is 5.00. The van der Waals surface area contributed by atoms with Gasteiger partial charge in [0.25, 0.3) is 11.5 Å². The molecule has 1 aromatic heterocycles. The fourth-order valence-corrected chi connectivity index (χ4v) is 0.527. The maximum Gasteiger partial charge on any atom is 0.279 e. The van der Waals surface area contributed by atoms with Crippen molar-refractivity contribution in [2.24, 2.45) is 5.73 Å². The quantitative estimate of drug-likeness (QED) is 0.486. The lowest BCUT2D eigenvalue weighted by Gasteiger charge is -1.88. The number of nitrogens with one attached hydrogen (secondary N) is 1. The largest absolute Gasteiger partial charge is 0.364 e. The van der Waals surface area contributed by atoms with Crippen LogP contribution in [-0.4, -0.2) is 15.9 Å². The molecule has 10 heavy (non-hydrogen) atoms. The molecule has 0 spiro atoms. The summed E-state index contributed by atoms with van der Waals surface area (Å²) in [7, 11) is 0. The highest BCUT2D eigenvalue weighted by Gasteiger charge is 2.04. The molecule has 5 heteroatoms. The Balaban J connectivity index is 3.29. The molecule has 0 radical (unpaired) electrons. The van der Waals surface area contributed by atoms with E-state index in [4.69, 9.17) is 5.73 Å². The van der Waals surface area contributed by atoms with E-state index in [1.165, 1.54) is 12.4 Å². The standard InChI is InChI=1S/C5H5N3O2/c6-4(9)3-5(10)8-2-1-7-3/h1-2H,(H2,6,9)(H,8,10)/i3+1,4+1,5+1. The van der Waals surface area contributed by atoms with Crippen molar-refractivity contribution < 1.29 is 4.79 Å². The van der Waals surface area contributed by atoms with Crippen LogP contribution in [0.2, 0.25) is 0 Å². The third-order valence-electron chi connectivity index (χ3n) is 0.941. The number of carbonyl (C=O) groups is 1. The smallest absolute Gasteiger partial charge is 0.279 e. The molecule has 0 aliphatic heterocycles. The zero-order valence-corrected chi connectivity index (χ0v) is 5.00. The van der Waals surface area contributed by atoms with E-state index in [1.807, 2.05) is 0 Å². The predicted octanol–water partition coefficient (Wildman–Crippen LogP) is -1.13. The van der Waals surface area contributed by atoms with Gasteiger partial charge in [-0.3, -0.25) is 9.59 Å². The van der Waals surface area contributed by atoms with Gasteiger partial charge in [-0.05, 0) is 0 Å². The van der Waals surface area contributed by atoms with Gasteiger partial charge >= 0.3 is 0 Å². The van der Waals surface area contributed by atoms with Gasteiger partial charge in [-0.25, -0.2) is 4.98 Å². The molecule has 0 unspecified atom stereocenters. The maximum absolute atomic E-state index is 10.6. The highest BCUT2D eigenvalue weighted by molar-refractivity contribution is 5.90. The van der Waals surface area contributed by atoms with Gasteiger partial charge in [-0.15, -0.1) is 0 Å². The molecule has 0 fully saturated rings. The summed E-state index contributed by atoms with van der Waals surface area (Å²) in [6, 6.07) is 0. The van der Waals surface area contributed by atoms with Crippen LogP contribution in [0.5, 0.6) is 0 Å². The maximum atomic E-state index is 10.6. The highest BCUT2D eigenvalue weighted by Crippen LogP contribution is 1.77. The van der Waals surface area contributed by atoms with Gasteiger partial charge in [0.1, 0.15) is 0 Å². The number of hydrogen-bond acceptors (Lipinski definition) is 3. The van der Waals surface area contributed by atoms with Crippen molar-refractivity contribution in [3.8, 4) is 0 Å². The summed E-state index contributed by atoms with van der Waals surface area (Å²) in [5, 5.41) is 0. The SMILES string of the molecule is N[13C](=O)[13c]1ncc[nH][13c]1=O. The Hall–Kier alpha value is -1.65. The number of primary amides is 1. The van der Waals surface area contributed by atoms with Crippen LogP contribution in [0.3, 0.4) is 0 Å². The number of amides is 1. The summed E-state index contributed by atoms with van der Waals surface area (Å²) < 4.78 is 0. The summed E-state index contributed by atoms with van der Waals surface area (Å²) in [4.78, 5) is 26.7. The van der Waals surface area contributed by atoms with Crippen molar-refractivity contribution in [3.63, 3.8) is 0 Å². The lowest BCUT2D eigenvalue weighted by atomic mass is 10.9. The minimum absolute atomic E-state index is 0.262. The number of nitrogens with zero attached hydrogens (tertiary/aromatic N) is 1. The molecule has 0 bridgehead atoms. The third-order valence-corrected chi connectivity index (χ3v) is 0.941. The molecule has 0 atom stereocenters. The third kappa shape index (κ3) is 1.02. The van der Waals surface area contributed by atoms with Crippen LogP contribution >= 0.6 is 0 Å². The molecule has 0 aliphatic rings. The molecular formula is C5H5N3O2. The van der Waals surface area contributed by atoms with Crippen LogP contribution in [0.15, 0.2) is 17.2 Å². The van der Waals surface area contributed by atoms with Crippen molar-refractivity contribution in [1.29, 1.82) is 0 Å². The van der Waals surface area contributed by atoms with Crippen LogP contribution in [0.1, 0.15) is 10.5 Å². The number of nitrogens with two attached hydrogens (primary N) is 1. The van der Waals surface area contributed by atoms with Gasteiger partial charge in [0, 0.05) is 12.4 Å². The second-order valence-corrected chi connectivity index (χ2v) is 1.63. The number of aromatic nitrogens is 2. The predicted molar refractivity (Wildman–Crippen MR) is 33.4 cm³/mol. The molecule has 0 saturated carbocycles. The Morgan fingerprint density at radius 1 is 1.70 bits per heavy atom. The second-order valence-electron chi connectivity index (χ2n) is 1.63. The van der Waals surface area contributed by atoms with Gasteiger partial charge < -0.3 is 10.7 Å². The first-order valence-corrected chi connectivity index (χ1v) is 2.55. The molecule has 1 aromatic rings. The molecule has 0 saturated heterocycles. The molecule has 0 aromatic carbocycles. The summed E-state index contributed by atoms with van der Waals surface area (Å²) in [6.45, 7) is 0. The van der Waals surface area contributed by atoms with Gasteiger partial charge in [-0.1, -0.05) is 0 Å². The van der Waals surface area contributed by atoms with Crippen LogP contribution in [0, 0.1) is 0 Å². The van der Waals surface area contributed by atoms with E-state index in [0.29, 0.717) is 0 Å². The van der Waals surface area contributed by atoms with E-state index in [9.17, 15) is 9.59 Å². The highest BCUT2D eigenvalue weighted by atomic mass is 16.2. The van der Waals surface area contributed by atoms with Gasteiger partial charge in [0.2, 0.25) is 0 Å². The molecule has 52 valence electrons. The molecule has 5 nitrogen and oxygen atoms in total. The van der Waals surface area contributed by atoms with E-state index in [1.54, 1.807) is 0 Å². The Morgan fingerprint density at radius 2 is 2.40 bits per heavy atom. The normalized spacial score (nSPS) is 9.20. The molecule has 3 N–H and O–H groups in total. The van der Waals surface area contributed by atoms with E-state index >= 15 is 0 Å². The summed E-state index contributed by atoms with van der Waals surface area (Å²) in [5.74, 6) is -0.818. The Bertz CT molecular complexity index is 304. The van der Waals surface area contributed by atoms with Crippen LogP contribution in [-0.2, 0) is 0 Å². The number of H-pyrrole nitrogens is 1.